The van der Waals surface area contributed by atoms with E-state index < -0.39 is 34.8 Å². The lowest BCUT2D eigenvalue weighted by Crippen LogP contribution is -2.10. The van der Waals surface area contributed by atoms with Crippen molar-refractivity contribution in [3.8, 4) is 0 Å². The first-order valence-corrected chi connectivity index (χ1v) is 5.59. The fourth-order valence-electron chi connectivity index (χ4n) is 2.03. The number of benzene rings is 1. The highest BCUT2D eigenvalue weighted by atomic mass is 19.2. The van der Waals surface area contributed by atoms with Crippen molar-refractivity contribution >= 4 is 0 Å². The molecule has 0 aromatic heterocycles. The molecule has 1 unspecified atom stereocenters. The Morgan fingerprint density at radius 2 is 1.35 bits per heavy atom. The van der Waals surface area contributed by atoms with Gasteiger partial charge in [0, 0.05) is 11.1 Å². The minimum Gasteiger partial charge on any atom is -0.206 e. The summed E-state index contributed by atoms with van der Waals surface area (Å²) >= 11 is 0. The van der Waals surface area contributed by atoms with Crippen LogP contribution in [0.25, 0.3) is 0 Å². The number of hydrogen-bond donors (Lipinski definition) is 0. The maximum atomic E-state index is 13.8. The lowest BCUT2D eigenvalue weighted by molar-refractivity contribution is 0.402. The van der Waals surface area contributed by atoms with Crippen LogP contribution in [-0.4, -0.2) is 0 Å². The van der Waals surface area contributed by atoms with Crippen LogP contribution in [0.1, 0.15) is 44.2 Å². The molecule has 0 fully saturated rings. The molecule has 0 aliphatic carbocycles. The van der Waals surface area contributed by atoms with Gasteiger partial charge in [0.15, 0.2) is 17.5 Å². The van der Waals surface area contributed by atoms with Gasteiger partial charge < -0.3 is 0 Å². The van der Waals surface area contributed by atoms with Gasteiger partial charge in [-0.3, -0.25) is 0 Å². The van der Waals surface area contributed by atoms with E-state index in [1.807, 2.05) is 13.8 Å². The molecule has 0 amide bonds. The molecular formula is C13H16F4. The van der Waals surface area contributed by atoms with E-state index in [0.29, 0.717) is 6.42 Å². The van der Waals surface area contributed by atoms with Gasteiger partial charge in [0.25, 0.3) is 0 Å². The van der Waals surface area contributed by atoms with Gasteiger partial charge in [-0.2, -0.15) is 0 Å². The Balaban J connectivity index is 3.33. The Morgan fingerprint density at radius 1 is 0.824 bits per heavy atom. The van der Waals surface area contributed by atoms with Crippen LogP contribution in [0, 0.1) is 36.1 Å². The van der Waals surface area contributed by atoms with Gasteiger partial charge in [-0.25, -0.2) is 17.6 Å². The maximum Gasteiger partial charge on any atom is 0.195 e. The molecule has 0 saturated heterocycles. The van der Waals surface area contributed by atoms with E-state index in [4.69, 9.17) is 0 Å². The molecule has 0 aliphatic rings. The molecule has 0 radical (unpaired) electrons. The van der Waals surface area contributed by atoms with Crippen molar-refractivity contribution in [2.24, 2.45) is 5.92 Å². The van der Waals surface area contributed by atoms with Gasteiger partial charge in [0.1, 0.15) is 5.82 Å². The number of hydrogen-bond acceptors (Lipinski definition) is 0. The van der Waals surface area contributed by atoms with Crippen molar-refractivity contribution in [1.82, 2.24) is 0 Å². The van der Waals surface area contributed by atoms with Crippen LogP contribution in [0.15, 0.2) is 0 Å². The molecule has 0 N–H and O–H groups in total. The van der Waals surface area contributed by atoms with Crippen molar-refractivity contribution in [3.63, 3.8) is 0 Å². The van der Waals surface area contributed by atoms with Crippen LogP contribution < -0.4 is 0 Å². The predicted molar refractivity (Wildman–Crippen MR) is 58.9 cm³/mol. The van der Waals surface area contributed by atoms with E-state index in [2.05, 4.69) is 0 Å². The lowest BCUT2D eigenvalue weighted by Gasteiger charge is -2.18. The van der Waals surface area contributed by atoms with Crippen molar-refractivity contribution in [1.29, 1.82) is 0 Å². The van der Waals surface area contributed by atoms with Gasteiger partial charge >= 0.3 is 0 Å². The third kappa shape index (κ3) is 2.61. The maximum absolute atomic E-state index is 13.8. The van der Waals surface area contributed by atoms with Crippen LogP contribution in [0.5, 0.6) is 0 Å². The third-order valence-electron chi connectivity index (χ3n) is 2.83. The second-order valence-electron chi connectivity index (χ2n) is 4.83. The second kappa shape index (κ2) is 5.07. The van der Waals surface area contributed by atoms with Crippen LogP contribution >= 0.6 is 0 Å². The van der Waals surface area contributed by atoms with Gasteiger partial charge in [-0.1, -0.05) is 20.8 Å². The number of rotatable bonds is 3. The molecule has 1 rings (SSSR count). The van der Waals surface area contributed by atoms with Crippen molar-refractivity contribution in [2.45, 2.75) is 40.0 Å². The Labute approximate surface area is 98.6 Å². The van der Waals surface area contributed by atoms with E-state index in [0.717, 1.165) is 6.92 Å². The summed E-state index contributed by atoms with van der Waals surface area (Å²) in [7, 11) is 0. The van der Waals surface area contributed by atoms with Gasteiger partial charge in [-0.05, 0) is 25.2 Å². The average molecular weight is 248 g/mol. The zero-order valence-corrected chi connectivity index (χ0v) is 10.4. The molecule has 1 atom stereocenters. The summed E-state index contributed by atoms with van der Waals surface area (Å²) in [5.41, 5.74) is -0.815. The van der Waals surface area contributed by atoms with Gasteiger partial charge in [0.2, 0.25) is 0 Å². The minimum atomic E-state index is -1.59. The SMILES string of the molecule is Cc1c(F)c(F)c(F)c(C(C)CC(C)C)c1F. The molecule has 96 valence electrons. The summed E-state index contributed by atoms with van der Waals surface area (Å²) in [6.07, 6.45) is 0.512. The highest BCUT2D eigenvalue weighted by molar-refractivity contribution is 5.31. The van der Waals surface area contributed by atoms with Crippen LogP contribution in [0.2, 0.25) is 0 Å². The van der Waals surface area contributed by atoms with Crippen LogP contribution in [-0.2, 0) is 0 Å². The second-order valence-corrected chi connectivity index (χ2v) is 4.83. The Morgan fingerprint density at radius 3 is 1.82 bits per heavy atom. The molecule has 0 heterocycles. The molecule has 0 spiro atoms. The molecule has 0 aliphatic heterocycles. The summed E-state index contributed by atoms with van der Waals surface area (Å²) in [5.74, 6) is -5.68. The van der Waals surface area contributed by atoms with E-state index in [1.54, 1.807) is 6.92 Å². The zero-order valence-electron chi connectivity index (χ0n) is 10.4. The highest BCUT2D eigenvalue weighted by Crippen LogP contribution is 2.32. The zero-order chi connectivity index (χ0) is 13.3. The minimum absolute atomic E-state index is 0.220. The predicted octanol–water partition coefficient (Wildman–Crippen LogP) is 4.70. The van der Waals surface area contributed by atoms with E-state index in [1.165, 1.54) is 0 Å². The average Bonchev–Trinajstić information content (AvgIpc) is 2.23. The molecule has 0 bridgehead atoms. The van der Waals surface area contributed by atoms with E-state index >= 15 is 0 Å². The van der Waals surface area contributed by atoms with Crippen LogP contribution in [0.4, 0.5) is 17.6 Å². The van der Waals surface area contributed by atoms with Crippen molar-refractivity contribution in [2.75, 3.05) is 0 Å². The summed E-state index contributed by atoms with van der Waals surface area (Å²) in [5, 5.41) is 0. The summed E-state index contributed by atoms with van der Waals surface area (Å²) in [6.45, 7) is 6.52. The Hall–Kier alpha value is -1.06. The fraction of sp³-hybridized carbons (Fsp3) is 0.538. The summed E-state index contributed by atoms with van der Waals surface area (Å²) < 4.78 is 53.6. The molecule has 4 heteroatoms. The molecule has 0 nitrogen and oxygen atoms in total. The Bertz CT molecular complexity index is 395. The lowest BCUT2D eigenvalue weighted by atomic mass is 9.90. The molecule has 0 saturated carbocycles. The first kappa shape index (κ1) is 14.0. The smallest absolute Gasteiger partial charge is 0.195 e. The molecule has 17 heavy (non-hydrogen) atoms. The third-order valence-corrected chi connectivity index (χ3v) is 2.83. The quantitative estimate of drug-likeness (QED) is 0.413. The monoisotopic (exact) mass is 248 g/mol. The molecular weight excluding hydrogens is 232 g/mol. The topological polar surface area (TPSA) is 0 Å². The van der Waals surface area contributed by atoms with Crippen molar-refractivity contribution < 1.29 is 17.6 Å². The number of halogens is 4. The summed E-state index contributed by atoms with van der Waals surface area (Å²) in [6, 6.07) is 0. The van der Waals surface area contributed by atoms with Crippen LogP contribution in [0.3, 0.4) is 0 Å². The summed E-state index contributed by atoms with van der Waals surface area (Å²) in [4.78, 5) is 0. The van der Waals surface area contributed by atoms with Crippen molar-refractivity contribution in [3.05, 3.63) is 34.4 Å². The fourth-order valence-corrected chi connectivity index (χ4v) is 2.03. The normalized spacial score (nSPS) is 13.2. The van der Waals surface area contributed by atoms with E-state index in [9.17, 15) is 17.6 Å². The standard InChI is InChI=1S/C13H16F4/c1-6(2)5-7(3)9-10(14)8(4)11(15)13(17)12(9)16/h6-7H,5H2,1-4H3. The van der Waals surface area contributed by atoms with Gasteiger partial charge in [0.05, 0.1) is 0 Å². The van der Waals surface area contributed by atoms with E-state index in [-0.39, 0.29) is 11.5 Å². The first-order chi connectivity index (χ1) is 7.77. The Kier molecular flexibility index (Phi) is 4.17. The largest absolute Gasteiger partial charge is 0.206 e. The first-order valence-electron chi connectivity index (χ1n) is 5.59. The molecule has 1 aromatic carbocycles. The molecule has 1 aromatic rings. The highest BCUT2D eigenvalue weighted by Gasteiger charge is 2.26. The van der Waals surface area contributed by atoms with Gasteiger partial charge in [-0.15, -0.1) is 0 Å².